The fourth-order valence-electron chi connectivity index (χ4n) is 2.41. The molecule has 0 aliphatic heterocycles. The Bertz CT molecular complexity index is 252. The summed E-state index contributed by atoms with van der Waals surface area (Å²) in [6, 6.07) is 0. The van der Waals surface area contributed by atoms with Crippen LogP contribution in [-0.2, 0) is 9.09 Å². The Labute approximate surface area is 124 Å². The minimum Gasteiger partial charge on any atom is -0.303 e. The first kappa shape index (κ1) is 20.1. The predicted molar refractivity (Wildman–Crippen MR) is 83.6 cm³/mol. The molecule has 0 bridgehead atoms. The molecule has 20 heavy (non-hydrogen) atoms. The maximum atomic E-state index is 10.8. The molecule has 2 N–H and O–H groups in total. The van der Waals surface area contributed by atoms with Crippen molar-refractivity contribution in [1.82, 2.24) is 0 Å². The van der Waals surface area contributed by atoms with E-state index in [1.165, 1.54) is 44.9 Å². The van der Waals surface area contributed by atoms with E-state index < -0.39 is 7.82 Å². The van der Waals surface area contributed by atoms with Gasteiger partial charge in [0.15, 0.2) is 0 Å². The van der Waals surface area contributed by atoms with Gasteiger partial charge in [-0.25, -0.2) is 4.57 Å². The minimum absolute atomic E-state index is 0.199. The van der Waals surface area contributed by atoms with E-state index in [-0.39, 0.29) is 6.61 Å². The van der Waals surface area contributed by atoms with E-state index in [4.69, 9.17) is 14.3 Å². The second-order valence-corrected chi connectivity index (χ2v) is 6.94. The predicted octanol–water partition coefficient (Wildman–Crippen LogP) is 5.04. The highest BCUT2D eigenvalue weighted by atomic mass is 31.2. The van der Waals surface area contributed by atoms with Crippen LogP contribution in [0.5, 0.6) is 0 Å². The Hall–Kier alpha value is 0.110. The van der Waals surface area contributed by atoms with E-state index in [9.17, 15) is 4.57 Å². The van der Waals surface area contributed by atoms with Gasteiger partial charge in [-0.3, -0.25) is 4.52 Å². The lowest BCUT2D eigenvalue weighted by molar-refractivity contribution is 0.157. The topological polar surface area (TPSA) is 66.8 Å². The van der Waals surface area contributed by atoms with Crippen molar-refractivity contribution in [3.8, 4) is 0 Å². The molecule has 4 nitrogen and oxygen atoms in total. The van der Waals surface area contributed by atoms with Crippen LogP contribution in [0.2, 0.25) is 0 Å². The zero-order valence-corrected chi connectivity index (χ0v) is 14.1. The van der Waals surface area contributed by atoms with Crippen LogP contribution < -0.4 is 0 Å². The molecule has 122 valence electrons. The Morgan fingerprint density at radius 2 is 1.30 bits per heavy atom. The number of hydrogen-bond donors (Lipinski definition) is 2. The molecule has 0 radical (unpaired) electrons. The molecular weight excluding hydrogens is 275 g/mol. The third-order valence-electron chi connectivity index (χ3n) is 3.66. The zero-order valence-electron chi connectivity index (χ0n) is 13.2. The fourth-order valence-corrected chi connectivity index (χ4v) is 2.81. The van der Waals surface area contributed by atoms with Crippen LogP contribution in [0.3, 0.4) is 0 Å². The minimum atomic E-state index is -4.31. The molecule has 0 aromatic rings. The van der Waals surface area contributed by atoms with Crippen LogP contribution in [0.25, 0.3) is 0 Å². The highest BCUT2D eigenvalue weighted by molar-refractivity contribution is 7.46. The van der Waals surface area contributed by atoms with Gasteiger partial charge >= 0.3 is 7.82 Å². The van der Waals surface area contributed by atoms with Gasteiger partial charge in [0.05, 0.1) is 6.61 Å². The zero-order chi connectivity index (χ0) is 15.3. The van der Waals surface area contributed by atoms with Gasteiger partial charge in [-0.05, 0) is 18.8 Å². The second kappa shape index (κ2) is 12.8. The number of hydrogen-bond acceptors (Lipinski definition) is 2. The molecular formula is C15H33O4P. The van der Waals surface area contributed by atoms with E-state index in [2.05, 4.69) is 13.8 Å². The molecule has 0 saturated carbocycles. The standard InChI is InChI=1S/C15H33O4P/c1-3-5-7-9-11-13-15(12-10-8-6-4-2)14-19-20(16,17)18/h15H,3-14H2,1-2H3,(H2,16,17,18). The first-order valence-corrected chi connectivity index (χ1v) is 9.72. The molecule has 1 atom stereocenters. The van der Waals surface area contributed by atoms with E-state index >= 15 is 0 Å². The quantitative estimate of drug-likeness (QED) is 0.348. The van der Waals surface area contributed by atoms with E-state index in [1.807, 2.05) is 0 Å². The van der Waals surface area contributed by atoms with Crippen molar-refractivity contribution < 1.29 is 18.9 Å². The molecule has 0 fully saturated rings. The van der Waals surface area contributed by atoms with Gasteiger partial charge in [0.2, 0.25) is 0 Å². The van der Waals surface area contributed by atoms with Crippen molar-refractivity contribution in [1.29, 1.82) is 0 Å². The fraction of sp³-hybridized carbons (Fsp3) is 1.00. The van der Waals surface area contributed by atoms with Gasteiger partial charge in [0.25, 0.3) is 0 Å². The summed E-state index contributed by atoms with van der Waals surface area (Å²) in [5, 5.41) is 0. The van der Waals surface area contributed by atoms with Crippen LogP contribution in [0.4, 0.5) is 0 Å². The number of phosphoric acid groups is 1. The molecule has 0 saturated heterocycles. The van der Waals surface area contributed by atoms with Crippen LogP contribution in [0.15, 0.2) is 0 Å². The van der Waals surface area contributed by atoms with Crippen molar-refractivity contribution in [2.75, 3.05) is 6.61 Å². The third kappa shape index (κ3) is 14.5. The maximum absolute atomic E-state index is 10.8. The smallest absolute Gasteiger partial charge is 0.303 e. The largest absolute Gasteiger partial charge is 0.469 e. The molecule has 0 aromatic heterocycles. The average molecular weight is 308 g/mol. The first-order chi connectivity index (χ1) is 9.49. The Balaban J connectivity index is 3.88. The van der Waals surface area contributed by atoms with Crippen LogP contribution in [-0.4, -0.2) is 16.4 Å². The Morgan fingerprint density at radius 3 is 1.75 bits per heavy atom. The molecule has 0 aliphatic rings. The maximum Gasteiger partial charge on any atom is 0.469 e. The van der Waals surface area contributed by atoms with Crippen molar-refractivity contribution >= 4 is 7.82 Å². The normalized spacial score (nSPS) is 13.6. The van der Waals surface area contributed by atoms with Gasteiger partial charge in [0, 0.05) is 0 Å². The molecule has 5 heteroatoms. The summed E-state index contributed by atoms with van der Waals surface area (Å²) in [5.41, 5.74) is 0. The summed E-state index contributed by atoms with van der Waals surface area (Å²) < 4.78 is 15.5. The van der Waals surface area contributed by atoms with Crippen LogP contribution in [0, 0.1) is 5.92 Å². The SMILES string of the molecule is CCCCCCCC(CCCCCC)COP(=O)(O)O. The highest BCUT2D eigenvalue weighted by Gasteiger charge is 2.17. The van der Waals surface area contributed by atoms with Gasteiger partial charge < -0.3 is 9.79 Å². The molecule has 1 unspecified atom stereocenters. The summed E-state index contributed by atoms with van der Waals surface area (Å²) in [7, 11) is -4.31. The molecule has 0 amide bonds. The summed E-state index contributed by atoms with van der Waals surface area (Å²) >= 11 is 0. The van der Waals surface area contributed by atoms with Crippen molar-refractivity contribution in [3.63, 3.8) is 0 Å². The van der Waals surface area contributed by atoms with E-state index in [1.54, 1.807) is 0 Å². The number of unbranched alkanes of at least 4 members (excludes halogenated alkanes) is 7. The van der Waals surface area contributed by atoms with Crippen LogP contribution >= 0.6 is 7.82 Å². The second-order valence-electron chi connectivity index (χ2n) is 5.70. The molecule has 0 spiro atoms. The highest BCUT2D eigenvalue weighted by Crippen LogP contribution is 2.37. The first-order valence-electron chi connectivity index (χ1n) is 8.19. The lowest BCUT2D eigenvalue weighted by Crippen LogP contribution is -2.09. The summed E-state index contributed by atoms with van der Waals surface area (Å²) in [4.78, 5) is 17.6. The summed E-state index contributed by atoms with van der Waals surface area (Å²) in [6.45, 7) is 4.58. The van der Waals surface area contributed by atoms with Crippen molar-refractivity contribution in [2.24, 2.45) is 5.92 Å². The number of rotatable bonds is 14. The van der Waals surface area contributed by atoms with Crippen molar-refractivity contribution in [3.05, 3.63) is 0 Å². The van der Waals surface area contributed by atoms with Gasteiger partial charge in [-0.2, -0.15) is 0 Å². The van der Waals surface area contributed by atoms with Gasteiger partial charge in [0.1, 0.15) is 0 Å². The molecule has 0 aromatic carbocycles. The average Bonchev–Trinajstić information content (AvgIpc) is 2.38. The summed E-state index contributed by atoms with van der Waals surface area (Å²) in [6.07, 6.45) is 13.0. The van der Waals surface area contributed by atoms with Crippen molar-refractivity contribution in [2.45, 2.75) is 84.5 Å². The summed E-state index contributed by atoms with van der Waals surface area (Å²) in [5.74, 6) is 0.293. The van der Waals surface area contributed by atoms with E-state index in [0.29, 0.717) is 5.92 Å². The number of phosphoric ester groups is 1. The molecule has 0 heterocycles. The van der Waals surface area contributed by atoms with Gasteiger partial charge in [-0.1, -0.05) is 71.6 Å². The lowest BCUT2D eigenvalue weighted by Gasteiger charge is -2.17. The van der Waals surface area contributed by atoms with Gasteiger partial charge in [-0.15, -0.1) is 0 Å². The van der Waals surface area contributed by atoms with E-state index in [0.717, 1.165) is 25.7 Å². The third-order valence-corrected chi connectivity index (χ3v) is 4.15. The Kier molecular flexibility index (Phi) is 12.9. The lowest BCUT2D eigenvalue weighted by atomic mass is 9.95. The van der Waals surface area contributed by atoms with Crippen LogP contribution in [0.1, 0.15) is 84.5 Å². The molecule has 0 rings (SSSR count). The Morgan fingerprint density at radius 1 is 0.850 bits per heavy atom. The monoisotopic (exact) mass is 308 g/mol. The molecule has 0 aliphatic carbocycles.